The van der Waals surface area contributed by atoms with E-state index >= 15 is 0 Å². The van der Waals surface area contributed by atoms with Crippen LogP contribution in [0.5, 0.6) is 5.75 Å². The van der Waals surface area contributed by atoms with E-state index < -0.39 is 0 Å². The summed E-state index contributed by atoms with van der Waals surface area (Å²) in [6, 6.07) is 3.49. The maximum atomic E-state index is 9.38. The van der Waals surface area contributed by atoms with Crippen LogP contribution in [0.3, 0.4) is 0 Å². The molecule has 0 bridgehead atoms. The van der Waals surface area contributed by atoms with Crippen LogP contribution in [0.1, 0.15) is 18.8 Å². The number of pyridine rings is 1. The minimum Gasteiger partial charge on any atom is -0.508 e. The van der Waals surface area contributed by atoms with E-state index in [2.05, 4.69) is 26.2 Å². The second-order valence-corrected chi connectivity index (χ2v) is 4.16. The Morgan fingerprint density at radius 1 is 1.60 bits per heavy atom. The molecule has 0 aliphatic carbocycles. The molecule has 80 valence electrons. The molecule has 0 aliphatic heterocycles. The van der Waals surface area contributed by atoms with Gasteiger partial charge in [0.1, 0.15) is 16.2 Å². The first-order valence-corrected chi connectivity index (χ1v) is 5.46. The fourth-order valence-electron chi connectivity index (χ4n) is 1.49. The Hall–Kier alpha value is -1.07. The Balaban J connectivity index is 2.68. The first-order valence-electron chi connectivity index (χ1n) is 4.67. The summed E-state index contributed by atoms with van der Waals surface area (Å²) in [7, 11) is 1.89. The van der Waals surface area contributed by atoms with Crippen LogP contribution in [0.15, 0.2) is 22.9 Å². The number of imidazole rings is 1. The maximum Gasteiger partial charge on any atom is 0.132 e. The standard InChI is InChI=1S/C10H12BrN3O/c1-6(12-2)10-13-9(11)8-5-7(15)3-4-14(8)10/h3-6,12,15H,1-2H3. The number of nitrogens with one attached hydrogen (secondary N) is 1. The molecule has 1 unspecified atom stereocenters. The van der Waals surface area contributed by atoms with E-state index in [9.17, 15) is 5.11 Å². The Kier molecular flexibility index (Phi) is 2.67. The summed E-state index contributed by atoms with van der Waals surface area (Å²) in [6.07, 6.45) is 1.81. The van der Waals surface area contributed by atoms with E-state index in [1.807, 2.05) is 24.6 Å². The van der Waals surface area contributed by atoms with Crippen molar-refractivity contribution >= 4 is 21.4 Å². The molecule has 0 saturated heterocycles. The lowest BCUT2D eigenvalue weighted by Crippen LogP contribution is -2.15. The minimum atomic E-state index is 0.161. The summed E-state index contributed by atoms with van der Waals surface area (Å²) < 4.78 is 2.70. The van der Waals surface area contributed by atoms with Crippen molar-refractivity contribution in [2.24, 2.45) is 0 Å². The number of hydrogen-bond acceptors (Lipinski definition) is 3. The van der Waals surface area contributed by atoms with Gasteiger partial charge in [0.15, 0.2) is 0 Å². The van der Waals surface area contributed by atoms with Gasteiger partial charge in [-0.2, -0.15) is 0 Å². The predicted octanol–water partition coefficient (Wildman–Crippen LogP) is 2.08. The van der Waals surface area contributed by atoms with E-state index in [1.54, 1.807) is 12.1 Å². The fraction of sp³-hybridized carbons (Fsp3) is 0.300. The highest BCUT2D eigenvalue weighted by Gasteiger charge is 2.13. The molecule has 0 saturated carbocycles. The number of halogens is 1. The zero-order valence-electron chi connectivity index (χ0n) is 8.53. The number of rotatable bonds is 2. The molecule has 0 amide bonds. The molecule has 0 fully saturated rings. The Labute approximate surface area is 96.1 Å². The van der Waals surface area contributed by atoms with Crippen molar-refractivity contribution in [2.75, 3.05) is 7.05 Å². The van der Waals surface area contributed by atoms with Crippen LogP contribution >= 0.6 is 15.9 Å². The topological polar surface area (TPSA) is 49.6 Å². The molecule has 0 aromatic carbocycles. The lowest BCUT2D eigenvalue weighted by Gasteiger charge is -2.08. The highest BCUT2D eigenvalue weighted by molar-refractivity contribution is 9.10. The smallest absolute Gasteiger partial charge is 0.132 e. The molecule has 0 radical (unpaired) electrons. The van der Waals surface area contributed by atoms with Crippen LogP contribution in [-0.2, 0) is 0 Å². The van der Waals surface area contributed by atoms with Gasteiger partial charge in [0.25, 0.3) is 0 Å². The third-order valence-electron chi connectivity index (χ3n) is 2.43. The van der Waals surface area contributed by atoms with Gasteiger partial charge >= 0.3 is 0 Å². The van der Waals surface area contributed by atoms with Crippen molar-refractivity contribution in [3.8, 4) is 5.75 Å². The molecule has 2 rings (SSSR count). The summed E-state index contributed by atoms with van der Waals surface area (Å²) >= 11 is 3.38. The highest BCUT2D eigenvalue weighted by Crippen LogP contribution is 2.25. The third-order valence-corrected chi connectivity index (χ3v) is 3.01. The quantitative estimate of drug-likeness (QED) is 0.878. The van der Waals surface area contributed by atoms with Gasteiger partial charge < -0.3 is 14.8 Å². The van der Waals surface area contributed by atoms with Crippen molar-refractivity contribution < 1.29 is 5.11 Å². The van der Waals surface area contributed by atoms with E-state index in [4.69, 9.17) is 0 Å². The van der Waals surface area contributed by atoms with Crippen LogP contribution in [0.2, 0.25) is 0 Å². The maximum absolute atomic E-state index is 9.38. The average molecular weight is 270 g/mol. The van der Waals surface area contributed by atoms with Crippen molar-refractivity contribution in [3.63, 3.8) is 0 Å². The predicted molar refractivity (Wildman–Crippen MR) is 62.0 cm³/mol. The van der Waals surface area contributed by atoms with E-state index in [-0.39, 0.29) is 11.8 Å². The zero-order valence-corrected chi connectivity index (χ0v) is 10.1. The van der Waals surface area contributed by atoms with E-state index in [0.29, 0.717) is 0 Å². The fourth-order valence-corrected chi connectivity index (χ4v) is 1.98. The van der Waals surface area contributed by atoms with Crippen LogP contribution in [0.4, 0.5) is 0 Å². The number of aromatic nitrogens is 2. The van der Waals surface area contributed by atoms with Gasteiger partial charge in [-0.05, 0) is 36.0 Å². The number of fused-ring (bicyclic) bond motifs is 1. The Morgan fingerprint density at radius 2 is 2.33 bits per heavy atom. The van der Waals surface area contributed by atoms with Crippen molar-refractivity contribution in [3.05, 3.63) is 28.8 Å². The van der Waals surface area contributed by atoms with Gasteiger partial charge in [0, 0.05) is 12.3 Å². The summed E-state index contributed by atoms with van der Waals surface area (Å²) in [6.45, 7) is 2.04. The molecule has 2 aromatic rings. The molecule has 5 heteroatoms. The SMILES string of the molecule is CNC(C)c1nc(Br)c2cc(O)ccn12. The van der Waals surface area contributed by atoms with Crippen LogP contribution in [-0.4, -0.2) is 21.5 Å². The highest BCUT2D eigenvalue weighted by atomic mass is 79.9. The van der Waals surface area contributed by atoms with Gasteiger partial charge in [0.05, 0.1) is 11.6 Å². The van der Waals surface area contributed by atoms with Gasteiger partial charge in [-0.15, -0.1) is 0 Å². The molecule has 2 aromatic heterocycles. The molecule has 2 N–H and O–H groups in total. The van der Waals surface area contributed by atoms with Crippen molar-refractivity contribution in [1.29, 1.82) is 0 Å². The molecular weight excluding hydrogens is 258 g/mol. The first-order chi connectivity index (χ1) is 7.13. The number of hydrogen-bond donors (Lipinski definition) is 2. The van der Waals surface area contributed by atoms with Gasteiger partial charge in [0.2, 0.25) is 0 Å². The molecule has 2 heterocycles. The van der Waals surface area contributed by atoms with Crippen LogP contribution < -0.4 is 5.32 Å². The van der Waals surface area contributed by atoms with Crippen molar-refractivity contribution in [2.45, 2.75) is 13.0 Å². The lowest BCUT2D eigenvalue weighted by molar-refractivity contribution is 0.475. The molecule has 4 nitrogen and oxygen atoms in total. The van der Waals surface area contributed by atoms with Crippen molar-refractivity contribution in [1.82, 2.24) is 14.7 Å². The largest absolute Gasteiger partial charge is 0.508 e. The average Bonchev–Trinajstić information content (AvgIpc) is 2.55. The summed E-state index contributed by atoms with van der Waals surface area (Å²) in [5.41, 5.74) is 0.868. The Bertz CT molecular complexity index is 495. The molecular formula is C10H12BrN3O. The number of nitrogens with zero attached hydrogens (tertiary/aromatic N) is 2. The van der Waals surface area contributed by atoms with Crippen LogP contribution in [0.25, 0.3) is 5.52 Å². The van der Waals surface area contributed by atoms with Gasteiger partial charge in [-0.1, -0.05) is 0 Å². The van der Waals surface area contributed by atoms with E-state index in [1.165, 1.54) is 0 Å². The third kappa shape index (κ3) is 1.72. The Morgan fingerprint density at radius 3 is 3.00 bits per heavy atom. The zero-order chi connectivity index (χ0) is 11.0. The van der Waals surface area contributed by atoms with Gasteiger partial charge in [-0.25, -0.2) is 4.98 Å². The van der Waals surface area contributed by atoms with Gasteiger partial charge in [-0.3, -0.25) is 0 Å². The molecule has 15 heavy (non-hydrogen) atoms. The van der Waals surface area contributed by atoms with Crippen LogP contribution in [0, 0.1) is 0 Å². The second-order valence-electron chi connectivity index (χ2n) is 3.41. The summed E-state index contributed by atoms with van der Waals surface area (Å²) in [4.78, 5) is 4.41. The first kappa shape index (κ1) is 10.4. The summed E-state index contributed by atoms with van der Waals surface area (Å²) in [5.74, 6) is 1.16. The lowest BCUT2D eigenvalue weighted by atomic mass is 10.3. The molecule has 1 atom stereocenters. The second kappa shape index (κ2) is 3.83. The monoisotopic (exact) mass is 269 g/mol. The normalized spacial score (nSPS) is 13.3. The number of aromatic hydroxyl groups is 1. The molecule has 0 spiro atoms. The molecule has 0 aliphatic rings. The minimum absolute atomic E-state index is 0.161. The van der Waals surface area contributed by atoms with E-state index in [0.717, 1.165) is 15.9 Å². The summed E-state index contributed by atoms with van der Waals surface area (Å²) in [5, 5.41) is 12.5.